The number of nitrogens with one attached hydrogen (secondary N) is 2. The molecule has 0 aliphatic carbocycles. The maximum atomic E-state index is 13.2. The molecular weight excluding hydrogens is 371 g/mol. The lowest BCUT2D eigenvalue weighted by Gasteiger charge is -2.12. The van der Waals surface area contributed by atoms with Crippen LogP contribution in [0.15, 0.2) is 78.5 Å². The molecule has 6 heteroatoms. The fourth-order valence-electron chi connectivity index (χ4n) is 3.25. The summed E-state index contributed by atoms with van der Waals surface area (Å²) >= 11 is 0. The summed E-state index contributed by atoms with van der Waals surface area (Å²) in [6.07, 6.45) is 0. The van der Waals surface area contributed by atoms with Crippen LogP contribution in [0.4, 0.5) is 10.1 Å². The Balaban J connectivity index is 1.74. The second-order valence-corrected chi connectivity index (χ2v) is 6.45. The minimum atomic E-state index is -0.511. The summed E-state index contributed by atoms with van der Waals surface area (Å²) in [4.78, 5) is 24.9. The van der Waals surface area contributed by atoms with Crippen LogP contribution >= 0.6 is 0 Å². The summed E-state index contributed by atoms with van der Waals surface area (Å²) in [6.45, 7) is 0. The number of methoxy groups -OCH3 is 1. The van der Waals surface area contributed by atoms with Crippen LogP contribution in [0.5, 0.6) is 5.75 Å². The third kappa shape index (κ3) is 3.60. The molecule has 1 aliphatic rings. The van der Waals surface area contributed by atoms with E-state index in [1.54, 1.807) is 42.5 Å². The van der Waals surface area contributed by atoms with Gasteiger partial charge >= 0.3 is 0 Å². The molecule has 0 radical (unpaired) electrons. The van der Waals surface area contributed by atoms with Crippen molar-refractivity contribution in [3.63, 3.8) is 0 Å². The van der Waals surface area contributed by atoms with Crippen molar-refractivity contribution in [2.24, 2.45) is 0 Å². The third-order valence-electron chi connectivity index (χ3n) is 4.62. The van der Waals surface area contributed by atoms with E-state index >= 15 is 0 Å². The molecule has 0 spiro atoms. The van der Waals surface area contributed by atoms with E-state index in [9.17, 15) is 14.0 Å². The molecule has 3 aromatic rings. The number of carbonyl (C=O) groups excluding carboxylic acids is 2. The zero-order valence-corrected chi connectivity index (χ0v) is 15.5. The first-order valence-corrected chi connectivity index (χ1v) is 8.93. The molecule has 0 fully saturated rings. The summed E-state index contributed by atoms with van der Waals surface area (Å²) in [5, 5.41) is 5.39. The fraction of sp³-hybridized carbons (Fsp3) is 0.0435. The number of imide groups is 1. The quantitative estimate of drug-likeness (QED) is 0.649. The van der Waals surface area contributed by atoms with Gasteiger partial charge in [0.2, 0.25) is 0 Å². The summed E-state index contributed by atoms with van der Waals surface area (Å²) < 4.78 is 18.5. The van der Waals surface area contributed by atoms with Gasteiger partial charge in [-0.1, -0.05) is 42.5 Å². The summed E-state index contributed by atoms with van der Waals surface area (Å²) in [5.74, 6) is -0.817. The second kappa shape index (κ2) is 7.59. The number of hydrogen-bond donors (Lipinski definition) is 2. The van der Waals surface area contributed by atoms with E-state index in [0.717, 1.165) is 11.1 Å². The Morgan fingerprint density at radius 2 is 1.62 bits per heavy atom. The molecule has 0 bridgehead atoms. The van der Waals surface area contributed by atoms with Crippen LogP contribution in [0.3, 0.4) is 0 Å². The number of halogens is 1. The van der Waals surface area contributed by atoms with Gasteiger partial charge in [0, 0.05) is 11.3 Å². The zero-order chi connectivity index (χ0) is 20.4. The number of amides is 2. The van der Waals surface area contributed by atoms with Gasteiger partial charge in [0.15, 0.2) is 0 Å². The van der Waals surface area contributed by atoms with Crippen molar-refractivity contribution >= 4 is 23.1 Å². The van der Waals surface area contributed by atoms with Crippen molar-refractivity contribution in [2.45, 2.75) is 0 Å². The molecule has 0 atom stereocenters. The van der Waals surface area contributed by atoms with Crippen LogP contribution in [-0.4, -0.2) is 18.9 Å². The van der Waals surface area contributed by atoms with Gasteiger partial charge in [0.25, 0.3) is 11.8 Å². The normalized spacial score (nSPS) is 13.4. The molecular formula is C23H17FN2O3. The van der Waals surface area contributed by atoms with Crippen LogP contribution in [0.25, 0.3) is 16.7 Å². The first-order chi connectivity index (χ1) is 14.1. The number of carbonyl (C=O) groups is 2. The number of ether oxygens (including phenoxy) is 1. The van der Waals surface area contributed by atoms with E-state index in [0.29, 0.717) is 17.0 Å². The van der Waals surface area contributed by atoms with Gasteiger partial charge in [0.1, 0.15) is 17.3 Å². The van der Waals surface area contributed by atoms with Gasteiger partial charge < -0.3 is 10.1 Å². The highest BCUT2D eigenvalue weighted by Gasteiger charge is 2.33. The maximum Gasteiger partial charge on any atom is 0.275 e. The number of anilines is 1. The largest absolute Gasteiger partial charge is 0.496 e. The average Bonchev–Trinajstić information content (AvgIpc) is 3.01. The molecule has 4 rings (SSSR count). The molecule has 0 aromatic heterocycles. The minimum absolute atomic E-state index is 0.149. The van der Waals surface area contributed by atoms with Crippen molar-refractivity contribution in [3.8, 4) is 16.9 Å². The van der Waals surface area contributed by atoms with Gasteiger partial charge in [0.05, 0.1) is 12.7 Å². The van der Waals surface area contributed by atoms with Crippen LogP contribution in [-0.2, 0) is 9.59 Å². The Hall–Kier alpha value is -3.93. The second-order valence-electron chi connectivity index (χ2n) is 6.45. The van der Waals surface area contributed by atoms with Crippen molar-refractivity contribution in [1.29, 1.82) is 0 Å². The lowest BCUT2D eigenvalue weighted by atomic mass is 10.0. The standard InChI is InChI=1S/C23H17FN2O3/c1-29-19-8-3-2-7-18(19)20-21(23(28)26-22(20)27)25-17-6-4-5-15(13-17)14-9-11-16(24)12-10-14/h2-13H,1H3,(H2,25,26,27,28). The molecule has 5 nitrogen and oxygen atoms in total. The highest BCUT2D eigenvalue weighted by Crippen LogP contribution is 2.32. The van der Waals surface area contributed by atoms with E-state index in [1.165, 1.54) is 19.2 Å². The molecule has 1 aliphatic heterocycles. The van der Waals surface area contributed by atoms with Crippen LogP contribution < -0.4 is 15.4 Å². The van der Waals surface area contributed by atoms with Crippen LogP contribution in [0.1, 0.15) is 5.56 Å². The molecule has 144 valence electrons. The Labute approximate surface area is 166 Å². The van der Waals surface area contributed by atoms with Gasteiger partial charge in [-0.05, 0) is 41.5 Å². The molecule has 29 heavy (non-hydrogen) atoms. The minimum Gasteiger partial charge on any atom is -0.496 e. The van der Waals surface area contributed by atoms with E-state index in [-0.39, 0.29) is 17.1 Å². The predicted molar refractivity (Wildman–Crippen MR) is 109 cm³/mol. The van der Waals surface area contributed by atoms with Gasteiger partial charge in [-0.15, -0.1) is 0 Å². The van der Waals surface area contributed by atoms with E-state index in [1.807, 2.05) is 18.2 Å². The average molecular weight is 388 g/mol. The highest BCUT2D eigenvalue weighted by molar-refractivity contribution is 6.37. The molecule has 0 saturated heterocycles. The smallest absolute Gasteiger partial charge is 0.275 e. The number of rotatable bonds is 5. The lowest BCUT2D eigenvalue weighted by Crippen LogP contribution is -2.24. The fourth-order valence-corrected chi connectivity index (χ4v) is 3.25. The summed E-state index contributed by atoms with van der Waals surface area (Å²) in [5.41, 5.74) is 3.20. The van der Waals surface area contributed by atoms with E-state index < -0.39 is 11.8 Å². The first kappa shape index (κ1) is 18.4. The van der Waals surface area contributed by atoms with Crippen molar-refractivity contribution in [1.82, 2.24) is 5.32 Å². The SMILES string of the molecule is COc1ccccc1C1=C(Nc2cccc(-c3ccc(F)cc3)c2)C(=O)NC1=O. The topological polar surface area (TPSA) is 67.4 Å². The van der Waals surface area contributed by atoms with Crippen LogP contribution in [0.2, 0.25) is 0 Å². The highest BCUT2D eigenvalue weighted by atomic mass is 19.1. The van der Waals surface area contributed by atoms with Gasteiger partial charge in [-0.3, -0.25) is 14.9 Å². The summed E-state index contributed by atoms with van der Waals surface area (Å²) in [7, 11) is 1.51. The number of hydrogen-bond acceptors (Lipinski definition) is 4. The van der Waals surface area contributed by atoms with E-state index in [4.69, 9.17) is 4.74 Å². The molecule has 2 N–H and O–H groups in total. The predicted octanol–water partition coefficient (Wildman–Crippen LogP) is 3.98. The third-order valence-corrected chi connectivity index (χ3v) is 4.62. The molecule has 2 amide bonds. The zero-order valence-electron chi connectivity index (χ0n) is 15.5. The monoisotopic (exact) mass is 388 g/mol. The van der Waals surface area contributed by atoms with E-state index in [2.05, 4.69) is 10.6 Å². The Kier molecular flexibility index (Phi) is 4.83. The molecule has 0 unspecified atom stereocenters. The molecule has 0 saturated carbocycles. The first-order valence-electron chi connectivity index (χ1n) is 8.93. The molecule has 3 aromatic carbocycles. The van der Waals surface area contributed by atoms with Crippen LogP contribution in [0, 0.1) is 5.82 Å². The maximum absolute atomic E-state index is 13.2. The lowest BCUT2D eigenvalue weighted by molar-refractivity contribution is -0.123. The Morgan fingerprint density at radius 1 is 0.862 bits per heavy atom. The van der Waals surface area contributed by atoms with Crippen molar-refractivity contribution in [3.05, 3.63) is 89.9 Å². The number of benzene rings is 3. The Bertz CT molecular complexity index is 1140. The van der Waals surface area contributed by atoms with Crippen molar-refractivity contribution < 1.29 is 18.7 Å². The molecule has 1 heterocycles. The van der Waals surface area contributed by atoms with Crippen molar-refractivity contribution in [2.75, 3.05) is 12.4 Å². The van der Waals surface area contributed by atoms with Gasteiger partial charge in [-0.2, -0.15) is 0 Å². The Morgan fingerprint density at radius 3 is 2.38 bits per heavy atom. The van der Waals surface area contributed by atoms with Gasteiger partial charge in [-0.25, -0.2) is 4.39 Å². The number of para-hydroxylation sites is 1. The summed E-state index contributed by atoms with van der Waals surface area (Å²) in [6, 6.07) is 20.5.